The van der Waals surface area contributed by atoms with Crippen molar-refractivity contribution >= 4 is 45.1 Å². The summed E-state index contributed by atoms with van der Waals surface area (Å²) < 4.78 is 6.25. The monoisotopic (exact) mass is 435 g/mol. The minimum atomic E-state index is -0.504. The first kappa shape index (κ1) is 18.0. The van der Waals surface area contributed by atoms with Gasteiger partial charge in [0, 0.05) is 28.4 Å². The molecule has 1 N–H and O–H groups in total. The molecule has 0 aliphatic heterocycles. The molecule has 0 bridgehead atoms. The highest BCUT2D eigenvalue weighted by Gasteiger charge is 2.14. The Morgan fingerprint density at radius 1 is 1.31 bits per heavy atom. The quantitative estimate of drug-likeness (QED) is 0.354. The van der Waals surface area contributed by atoms with Gasteiger partial charge < -0.3 is 9.73 Å². The lowest BCUT2D eigenvalue weighted by Crippen LogP contribution is -2.14. The van der Waals surface area contributed by atoms with E-state index in [1.807, 2.05) is 0 Å². The van der Waals surface area contributed by atoms with Crippen LogP contribution in [0.2, 0.25) is 0 Å². The number of carbonyl (C=O) groups is 1. The van der Waals surface area contributed by atoms with Gasteiger partial charge in [0.2, 0.25) is 11.8 Å². The van der Waals surface area contributed by atoms with Gasteiger partial charge in [-0.3, -0.25) is 14.9 Å². The molecule has 0 saturated carbocycles. The smallest absolute Gasteiger partial charge is 0.277 e. The van der Waals surface area contributed by atoms with Gasteiger partial charge in [0.05, 0.1) is 10.7 Å². The number of rotatable bonds is 6. The molecule has 9 nitrogen and oxygen atoms in total. The maximum atomic E-state index is 11.9. The average molecular weight is 436 g/mol. The van der Waals surface area contributed by atoms with E-state index in [1.165, 1.54) is 18.2 Å². The van der Waals surface area contributed by atoms with Crippen LogP contribution in [0.4, 0.5) is 11.5 Å². The highest BCUT2D eigenvalue weighted by molar-refractivity contribution is 9.10. The van der Waals surface area contributed by atoms with Crippen LogP contribution < -0.4 is 5.32 Å². The van der Waals surface area contributed by atoms with Gasteiger partial charge in [-0.1, -0.05) is 17.8 Å². The third-order valence-corrected chi connectivity index (χ3v) is 4.32. The lowest BCUT2D eigenvalue weighted by atomic mass is 10.2. The lowest BCUT2D eigenvalue weighted by molar-refractivity contribution is -0.384. The van der Waals surface area contributed by atoms with E-state index < -0.39 is 4.92 Å². The summed E-state index contributed by atoms with van der Waals surface area (Å²) in [4.78, 5) is 26.3. The lowest BCUT2D eigenvalue weighted by Gasteiger charge is -2.02. The van der Waals surface area contributed by atoms with Crippen LogP contribution in [0.3, 0.4) is 0 Å². The summed E-state index contributed by atoms with van der Waals surface area (Å²) in [5.74, 6) is 0.349. The molecule has 26 heavy (non-hydrogen) atoms. The Morgan fingerprint density at radius 2 is 2.15 bits per heavy atom. The number of nitrogens with one attached hydrogen (secondary N) is 1. The van der Waals surface area contributed by atoms with Crippen LogP contribution in [0.15, 0.2) is 56.7 Å². The molecule has 0 aliphatic carbocycles. The summed E-state index contributed by atoms with van der Waals surface area (Å²) >= 11 is 4.32. The third-order valence-electron chi connectivity index (χ3n) is 3.03. The largest absolute Gasteiger partial charge is 0.411 e. The van der Waals surface area contributed by atoms with Crippen LogP contribution in [0.25, 0.3) is 11.5 Å². The summed E-state index contributed by atoms with van der Waals surface area (Å²) in [6, 6.07) is 9.30. The van der Waals surface area contributed by atoms with Crippen molar-refractivity contribution < 1.29 is 14.1 Å². The molecule has 11 heteroatoms. The third kappa shape index (κ3) is 4.64. The van der Waals surface area contributed by atoms with Gasteiger partial charge in [0.25, 0.3) is 10.9 Å². The molecule has 2 heterocycles. The van der Waals surface area contributed by atoms with Crippen LogP contribution in [0.1, 0.15) is 0 Å². The van der Waals surface area contributed by atoms with Gasteiger partial charge in [-0.15, -0.1) is 10.2 Å². The molecule has 0 fully saturated rings. The SMILES string of the molecule is O=C(CSc1nnc(-c2cccc([N+](=O)[O-])c2)o1)Nc1ccc(Br)cn1. The van der Waals surface area contributed by atoms with E-state index in [9.17, 15) is 14.9 Å². The fourth-order valence-electron chi connectivity index (χ4n) is 1.89. The number of pyridine rings is 1. The molecular weight excluding hydrogens is 426 g/mol. The molecule has 0 aliphatic rings. The Balaban J connectivity index is 1.60. The number of nitro groups is 1. The molecule has 0 saturated heterocycles. The minimum Gasteiger partial charge on any atom is -0.411 e. The first-order chi connectivity index (χ1) is 12.5. The zero-order chi connectivity index (χ0) is 18.5. The van der Waals surface area contributed by atoms with Gasteiger partial charge in [-0.2, -0.15) is 0 Å². The topological polar surface area (TPSA) is 124 Å². The van der Waals surface area contributed by atoms with Gasteiger partial charge in [0.15, 0.2) is 0 Å². The first-order valence-electron chi connectivity index (χ1n) is 7.14. The standard InChI is InChI=1S/C15H10BrN5O4S/c16-10-4-5-12(17-7-10)18-13(22)8-26-15-20-19-14(25-15)9-2-1-3-11(6-9)21(23)24/h1-7H,8H2,(H,17,18,22). The van der Waals surface area contributed by atoms with E-state index in [0.29, 0.717) is 11.4 Å². The van der Waals surface area contributed by atoms with Gasteiger partial charge in [-0.25, -0.2) is 4.98 Å². The molecule has 0 radical (unpaired) electrons. The number of amides is 1. The fourth-order valence-corrected chi connectivity index (χ4v) is 2.69. The van der Waals surface area contributed by atoms with Crippen molar-refractivity contribution in [1.29, 1.82) is 0 Å². The predicted molar refractivity (Wildman–Crippen MR) is 97.7 cm³/mol. The van der Waals surface area contributed by atoms with E-state index >= 15 is 0 Å². The van der Waals surface area contributed by atoms with Gasteiger partial charge in [-0.05, 0) is 34.1 Å². The number of hydrogen-bond donors (Lipinski definition) is 1. The zero-order valence-electron chi connectivity index (χ0n) is 13.0. The van der Waals surface area contributed by atoms with Crippen LogP contribution in [0, 0.1) is 10.1 Å². The van der Waals surface area contributed by atoms with E-state index in [2.05, 4.69) is 36.4 Å². The highest BCUT2D eigenvalue weighted by atomic mass is 79.9. The summed E-state index contributed by atoms with van der Waals surface area (Å²) in [5, 5.41) is 21.3. The number of nitrogens with zero attached hydrogens (tertiary/aromatic N) is 4. The molecule has 0 spiro atoms. The van der Waals surface area contributed by atoms with Crippen molar-refractivity contribution in [2.45, 2.75) is 5.22 Å². The summed E-state index contributed by atoms with van der Waals surface area (Å²) in [5.41, 5.74) is 0.360. The number of thioether (sulfide) groups is 1. The van der Waals surface area contributed by atoms with Crippen LogP contribution in [0.5, 0.6) is 0 Å². The zero-order valence-corrected chi connectivity index (χ0v) is 15.4. The number of aromatic nitrogens is 3. The Kier molecular flexibility index (Phi) is 5.58. The Bertz CT molecular complexity index is 947. The number of halogens is 1. The molecule has 3 aromatic rings. The van der Waals surface area contributed by atoms with E-state index in [-0.39, 0.29) is 28.5 Å². The van der Waals surface area contributed by atoms with Crippen LogP contribution >= 0.6 is 27.7 Å². The highest BCUT2D eigenvalue weighted by Crippen LogP contribution is 2.25. The maximum Gasteiger partial charge on any atom is 0.277 e. The molecule has 1 amide bonds. The number of nitro benzene ring substituents is 1. The van der Waals surface area contributed by atoms with Gasteiger partial charge in [0.1, 0.15) is 5.82 Å². The van der Waals surface area contributed by atoms with Crippen molar-refractivity contribution in [2.75, 3.05) is 11.1 Å². The molecule has 1 aromatic carbocycles. The van der Waals surface area contributed by atoms with Crippen molar-refractivity contribution in [1.82, 2.24) is 15.2 Å². The van der Waals surface area contributed by atoms with E-state index in [4.69, 9.17) is 4.42 Å². The van der Waals surface area contributed by atoms with Crippen molar-refractivity contribution in [2.24, 2.45) is 0 Å². The molecule has 3 rings (SSSR count). The van der Waals surface area contributed by atoms with Crippen LogP contribution in [-0.4, -0.2) is 31.8 Å². The number of benzene rings is 1. The summed E-state index contributed by atoms with van der Waals surface area (Å²) in [6.45, 7) is 0. The first-order valence-corrected chi connectivity index (χ1v) is 8.91. The van der Waals surface area contributed by atoms with E-state index in [0.717, 1.165) is 16.2 Å². The summed E-state index contributed by atoms with van der Waals surface area (Å²) in [6.07, 6.45) is 1.58. The molecule has 132 valence electrons. The fraction of sp³-hybridized carbons (Fsp3) is 0.0667. The summed E-state index contributed by atoms with van der Waals surface area (Å²) in [7, 11) is 0. The molecule has 0 atom stereocenters. The minimum absolute atomic E-state index is 0.0499. The van der Waals surface area contributed by atoms with Gasteiger partial charge >= 0.3 is 0 Å². The molecule has 0 unspecified atom stereocenters. The second-order valence-corrected chi connectivity index (χ2v) is 6.72. The van der Waals surface area contributed by atoms with E-state index in [1.54, 1.807) is 24.4 Å². The number of carbonyl (C=O) groups excluding carboxylic acids is 1. The predicted octanol–water partition coefficient (Wildman–Crippen LogP) is 3.53. The van der Waals surface area contributed by atoms with Crippen LogP contribution in [-0.2, 0) is 4.79 Å². The Morgan fingerprint density at radius 3 is 2.88 bits per heavy atom. The second-order valence-electron chi connectivity index (χ2n) is 4.88. The van der Waals surface area contributed by atoms with Crippen molar-refractivity contribution in [3.8, 4) is 11.5 Å². The number of hydrogen-bond acceptors (Lipinski definition) is 8. The second kappa shape index (κ2) is 8.06. The Labute approximate surface area is 159 Å². The average Bonchev–Trinajstić information content (AvgIpc) is 3.11. The number of anilines is 1. The normalized spacial score (nSPS) is 10.5. The molecular formula is C15H10BrN5O4S. The Hall–Kier alpha value is -2.79. The van der Waals surface area contributed by atoms with Crippen molar-refractivity contribution in [3.63, 3.8) is 0 Å². The van der Waals surface area contributed by atoms with Crippen molar-refractivity contribution in [3.05, 3.63) is 57.2 Å². The maximum absolute atomic E-state index is 11.9. The number of non-ortho nitro benzene ring substituents is 1. The molecule has 2 aromatic heterocycles.